The maximum atomic E-state index is 6.08. The summed E-state index contributed by atoms with van der Waals surface area (Å²) in [4.78, 5) is 3.56. The second kappa shape index (κ2) is 7.75. The Labute approximate surface area is 163 Å². The van der Waals surface area contributed by atoms with Crippen molar-refractivity contribution in [2.24, 2.45) is 11.3 Å². The topological polar surface area (TPSA) is 3.24 Å². The van der Waals surface area contributed by atoms with E-state index >= 15 is 0 Å². The van der Waals surface area contributed by atoms with Crippen LogP contribution in [0.3, 0.4) is 0 Å². The minimum Gasteiger partial charge on any atom is -0.352 e. The Balaban J connectivity index is 2.00. The fourth-order valence-electron chi connectivity index (χ4n) is 3.84. The van der Waals surface area contributed by atoms with Gasteiger partial charge in [0.05, 0.1) is 17.1 Å². The van der Waals surface area contributed by atoms with Crippen LogP contribution in [0.15, 0.2) is 73.3 Å². The Hall–Kier alpha value is -1.93. The van der Waals surface area contributed by atoms with E-state index in [1.807, 2.05) is 6.08 Å². The molecule has 2 aromatic carbocycles. The van der Waals surface area contributed by atoms with Gasteiger partial charge < -0.3 is 4.90 Å². The van der Waals surface area contributed by atoms with Gasteiger partial charge in [0, 0.05) is 5.92 Å². The maximum Gasteiger partial charge on any atom is 0.0826 e. The van der Waals surface area contributed by atoms with Crippen molar-refractivity contribution in [3.05, 3.63) is 84.4 Å². The van der Waals surface area contributed by atoms with Gasteiger partial charge in [-0.25, -0.2) is 0 Å². The van der Waals surface area contributed by atoms with Crippen LogP contribution in [-0.2, 0) is 0 Å². The first-order chi connectivity index (χ1) is 12.5. The Morgan fingerprint density at radius 3 is 1.81 bits per heavy atom. The van der Waals surface area contributed by atoms with Crippen LogP contribution in [0.4, 0.5) is 0 Å². The average Bonchev–Trinajstić information content (AvgIpc) is 3.13. The average molecular weight is 364 g/mol. The van der Waals surface area contributed by atoms with E-state index in [0.29, 0.717) is 12.1 Å². The lowest BCUT2D eigenvalue weighted by Gasteiger charge is -2.40. The van der Waals surface area contributed by atoms with Gasteiger partial charge in [-0.15, -0.1) is 6.58 Å². The van der Waals surface area contributed by atoms with E-state index in [2.05, 4.69) is 92.9 Å². The highest BCUT2D eigenvalue weighted by atomic mass is 32.1. The fourth-order valence-corrected chi connectivity index (χ4v) is 4.40. The van der Waals surface area contributed by atoms with E-state index in [9.17, 15) is 0 Å². The second-order valence-electron chi connectivity index (χ2n) is 7.92. The molecule has 1 aliphatic rings. The van der Waals surface area contributed by atoms with E-state index in [1.54, 1.807) is 0 Å². The van der Waals surface area contributed by atoms with Crippen LogP contribution in [0.5, 0.6) is 0 Å². The molecule has 0 bridgehead atoms. The zero-order valence-corrected chi connectivity index (χ0v) is 16.9. The molecule has 1 fully saturated rings. The summed E-state index contributed by atoms with van der Waals surface area (Å²) in [6, 6.07) is 22.3. The van der Waals surface area contributed by atoms with Crippen LogP contribution in [0.2, 0.25) is 0 Å². The van der Waals surface area contributed by atoms with E-state index in [1.165, 1.54) is 11.1 Å². The molecule has 0 saturated carbocycles. The van der Waals surface area contributed by atoms with Crippen LogP contribution in [0.1, 0.15) is 56.8 Å². The molecule has 0 unspecified atom stereocenters. The first-order valence-electron chi connectivity index (χ1n) is 9.51. The molecule has 136 valence electrons. The quantitative estimate of drug-likeness (QED) is 0.427. The van der Waals surface area contributed by atoms with Crippen molar-refractivity contribution in [1.29, 1.82) is 0 Å². The van der Waals surface area contributed by atoms with Crippen molar-refractivity contribution < 1.29 is 0 Å². The van der Waals surface area contributed by atoms with Crippen molar-refractivity contribution in [2.75, 3.05) is 0 Å². The predicted molar refractivity (Wildman–Crippen MR) is 115 cm³/mol. The summed E-state index contributed by atoms with van der Waals surface area (Å²) in [7, 11) is 0. The molecular weight excluding hydrogens is 334 g/mol. The summed E-state index contributed by atoms with van der Waals surface area (Å²) in [6.07, 6.45) is 4.30. The number of thiocarbonyl (C=S) groups is 1. The Morgan fingerprint density at radius 1 is 1.00 bits per heavy atom. The molecule has 1 nitrogen and oxygen atoms in total. The molecule has 1 aliphatic heterocycles. The summed E-state index contributed by atoms with van der Waals surface area (Å²) in [6.45, 7) is 10.7. The SMILES string of the molecule is C=CC(C)(C)[C@H](C)C(=S)N1[C@@H](c2ccccc2)CC[C@@H]1c1ccccc1. The van der Waals surface area contributed by atoms with E-state index in [0.717, 1.165) is 17.8 Å². The molecule has 2 aromatic rings. The van der Waals surface area contributed by atoms with Crippen molar-refractivity contribution in [2.45, 2.75) is 45.7 Å². The highest BCUT2D eigenvalue weighted by Crippen LogP contribution is 2.46. The van der Waals surface area contributed by atoms with Gasteiger partial charge in [0.1, 0.15) is 0 Å². The zero-order chi connectivity index (χ0) is 18.7. The summed E-state index contributed by atoms with van der Waals surface area (Å²) in [5, 5.41) is 0. The number of nitrogens with zero attached hydrogens (tertiary/aromatic N) is 1. The highest BCUT2D eigenvalue weighted by Gasteiger charge is 2.40. The molecule has 3 atom stereocenters. The van der Waals surface area contributed by atoms with Gasteiger partial charge in [0.15, 0.2) is 0 Å². The monoisotopic (exact) mass is 363 g/mol. The van der Waals surface area contributed by atoms with Gasteiger partial charge in [-0.2, -0.15) is 0 Å². The third-order valence-corrected chi connectivity index (χ3v) is 6.59. The maximum absolute atomic E-state index is 6.08. The minimum absolute atomic E-state index is 0.0256. The first-order valence-corrected chi connectivity index (χ1v) is 9.92. The van der Waals surface area contributed by atoms with Crippen molar-refractivity contribution in [3.63, 3.8) is 0 Å². The molecule has 0 aromatic heterocycles. The van der Waals surface area contributed by atoms with Crippen LogP contribution >= 0.6 is 12.2 Å². The fraction of sp³-hybridized carbons (Fsp3) is 0.375. The van der Waals surface area contributed by atoms with Crippen molar-refractivity contribution in [1.82, 2.24) is 4.90 Å². The number of rotatable bonds is 5. The molecule has 0 aliphatic carbocycles. The van der Waals surface area contributed by atoms with E-state index in [-0.39, 0.29) is 11.3 Å². The van der Waals surface area contributed by atoms with Gasteiger partial charge in [-0.1, -0.05) is 99.7 Å². The Kier molecular flexibility index (Phi) is 5.62. The van der Waals surface area contributed by atoms with Crippen LogP contribution in [-0.4, -0.2) is 9.89 Å². The van der Waals surface area contributed by atoms with Gasteiger partial charge in [-0.05, 0) is 29.4 Å². The lowest BCUT2D eigenvalue weighted by Crippen LogP contribution is -2.40. The molecule has 0 spiro atoms. The van der Waals surface area contributed by atoms with Crippen LogP contribution in [0, 0.1) is 11.3 Å². The summed E-state index contributed by atoms with van der Waals surface area (Å²) in [5.74, 6) is 0.255. The second-order valence-corrected chi connectivity index (χ2v) is 8.34. The molecule has 26 heavy (non-hydrogen) atoms. The highest BCUT2D eigenvalue weighted by molar-refractivity contribution is 7.80. The first kappa shape index (κ1) is 18.8. The predicted octanol–water partition coefficient (Wildman–Crippen LogP) is 6.74. The van der Waals surface area contributed by atoms with Gasteiger partial charge >= 0.3 is 0 Å². The van der Waals surface area contributed by atoms with E-state index < -0.39 is 0 Å². The van der Waals surface area contributed by atoms with Crippen molar-refractivity contribution >= 4 is 17.2 Å². The lowest BCUT2D eigenvalue weighted by molar-refractivity contribution is 0.283. The molecule has 0 amide bonds. The van der Waals surface area contributed by atoms with Crippen LogP contribution < -0.4 is 0 Å². The van der Waals surface area contributed by atoms with Crippen LogP contribution in [0.25, 0.3) is 0 Å². The Bertz CT molecular complexity index is 703. The van der Waals surface area contributed by atoms with Gasteiger partial charge in [0.25, 0.3) is 0 Å². The van der Waals surface area contributed by atoms with Gasteiger partial charge in [0.2, 0.25) is 0 Å². The molecule has 2 heteroatoms. The molecular formula is C24H29NS. The largest absolute Gasteiger partial charge is 0.352 e. The normalized spacial score (nSPS) is 21.4. The van der Waals surface area contributed by atoms with Crippen molar-refractivity contribution in [3.8, 4) is 0 Å². The van der Waals surface area contributed by atoms with E-state index in [4.69, 9.17) is 12.2 Å². The number of hydrogen-bond donors (Lipinski definition) is 0. The Morgan fingerprint density at radius 2 is 1.42 bits per heavy atom. The standard InChI is InChI=1S/C24H29NS/c1-5-24(3,4)18(2)23(26)25-21(19-12-8-6-9-13-19)16-17-22(25)20-14-10-7-11-15-20/h5-15,18,21-22H,1,16-17H2,2-4H3/t18-,21-,22-/m1/s1. The summed E-state index contributed by atoms with van der Waals surface area (Å²) in [5.41, 5.74) is 2.69. The number of allylic oxidation sites excluding steroid dienone is 1. The molecule has 0 N–H and O–H groups in total. The molecule has 0 radical (unpaired) electrons. The molecule has 3 rings (SSSR count). The third kappa shape index (κ3) is 3.61. The lowest BCUT2D eigenvalue weighted by atomic mass is 9.79. The smallest absolute Gasteiger partial charge is 0.0826 e. The summed E-state index contributed by atoms with van der Waals surface area (Å²) >= 11 is 6.08. The van der Waals surface area contributed by atoms with Gasteiger partial charge in [-0.3, -0.25) is 0 Å². The number of likely N-dealkylation sites (tertiary alicyclic amines) is 1. The number of benzene rings is 2. The molecule has 1 heterocycles. The minimum atomic E-state index is -0.0256. The summed E-state index contributed by atoms with van der Waals surface area (Å²) < 4.78 is 0. The zero-order valence-electron chi connectivity index (χ0n) is 16.1. The third-order valence-electron chi connectivity index (χ3n) is 6.02. The number of hydrogen-bond acceptors (Lipinski definition) is 1. The molecule has 1 saturated heterocycles.